The average Bonchev–Trinajstić information content (AvgIpc) is 3.23. The highest BCUT2D eigenvalue weighted by molar-refractivity contribution is 6.10. The Morgan fingerprint density at radius 2 is 1.78 bits per heavy atom. The molecule has 2 aliphatic rings. The number of nitrogens with one attached hydrogen (secondary N) is 2. The Kier molecular flexibility index (Phi) is 5.12. The summed E-state index contributed by atoms with van der Waals surface area (Å²) in [6, 6.07) is 13.8. The second-order valence-electron chi connectivity index (χ2n) is 8.82. The molecule has 1 aliphatic carbocycles. The van der Waals surface area contributed by atoms with E-state index >= 15 is 0 Å². The smallest absolute Gasteiger partial charge is 0.325 e. The summed E-state index contributed by atoms with van der Waals surface area (Å²) in [6.45, 7) is 3.08. The maximum absolute atomic E-state index is 12.9. The van der Waals surface area contributed by atoms with Crippen molar-refractivity contribution in [3.63, 3.8) is 0 Å². The van der Waals surface area contributed by atoms with E-state index in [0.29, 0.717) is 18.5 Å². The minimum atomic E-state index is -0.746. The molecule has 1 saturated heterocycles. The van der Waals surface area contributed by atoms with Gasteiger partial charge in [0.25, 0.3) is 5.91 Å². The summed E-state index contributed by atoms with van der Waals surface area (Å²) < 4.78 is 2.26. The minimum Gasteiger partial charge on any atom is -0.341 e. The standard InChI is InChI=1S/C25H28N4O3/c1-2-28-20-9-5-4-8-18(20)19-16-17(10-11-21(19)28)26-22(30)12-15-29-23(31)25(27-24(29)32)13-6-3-7-14-25/h4-5,8-11,16H,2-3,6-7,12-15H2,1H3,(H,26,30)(H,27,32). The van der Waals surface area contributed by atoms with E-state index in [1.165, 1.54) is 10.4 Å². The fourth-order valence-electron chi connectivity index (χ4n) is 5.28. The fourth-order valence-corrected chi connectivity index (χ4v) is 5.28. The summed E-state index contributed by atoms with van der Waals surface area (Å²) in [7, 11) is 0. The van der Waals surface area contributed by atoms with Crippen molar-refractivity contribution in [1.82, 2.24) is 14.8 Å². The summed E-state index contributed by atoms with van der Waals surface area (Å²) in [4.78, 5) is 39.1. The number of benzene rings is 2. The Hall–Kier alpha value is -3.35. The molecule has 3 aromatic rings. The van der Waals surface area contributed by atoms with Gasteiger partial charge in [0.05, 0.1) is 0 Å². The zero-order valence-electron chi connectivity index (χ0n) is 18.3. The number of imide groups is 1. The topological polar surface area (TPSA) is 83.4 Å². The lowest BCUT2D eigenvalue weighted by Gasteiger charge is -2.30. The van der Waals surface area contributed by atoms with Gasteiger partial charge < -0.3 is 15.2 Å². The highest BCUT2D eigenvalue weighted by atomic mass is 16.2. The number of hydrogen-bond donors (Lipinski definition) is 2. The van der Waals surface area contributed by atoms with Crippen LogP contribution < -0.4 is 10.6 Å². The molecular formula is C25H28N4O3. The fraction of sp³-hybridized carbons (Fsp3) is 0.400. The zero-order valence-corrected chi connectivity index (χ0v) is 18.3. The van der Waals surface area contributed by atoms with Gasteiger partial charge in [0.15, 0.2) is 0 Å². The number of carbonyl (C=O) groups excluding carboxylic acids is 3. The summed E-state index contributed by atoms with van der Waals surface area (Å²) in [5, 5.41) is 8.07. The third-order valence-electron chi connectivity index (χ3n) is 6.89. The van der Waals surface area contributed by atoms with E-state index < -0.39 is 5.54 Å². The zero-order chi connectivity index (χ0) is 22.3. The monoisotopic (exact) mass is 432 g/mol. The summed E-state index contributed by atoms with van der Waals surface area (Å²) >= 11 is 0. The highest BCUT2D eigenvalue weighted by Crippen LogP contribution is 2.34. The van der Waals surface area contributed by atoms with E-state index in [9.17, 15) is 14.4 Å². The Morgan fingerprint density at radius 1 is 1.03 bits per heavy atom. The van der Waals surface area contributed by atoms with E-state index in [2.05, 4.69) is 34.3 Å². The van der Waals surface area contributed by atoms with Gasteiger partial charge in [-0.1, -0.05) is 37.5 Å². The summed E-state index contributed by atoms with van der Waals surface area (Å²) in [5.41, 5.74) is 2.26. The van der Waals surface area contributed by atoms with Crippen LogP contribution >= 0.6 is 0 Å². The quantitative estimate of drug-likeness (QED) is 0.586. The maximum atomic E-state index is 12.9. The molecule has 0 bridgehead atoms. The van der Waals surface area contributed by atoms with Gasteiger partial charge in [0.1, 0.15) is 5.54 Å². The molecule has 1 spiro atoms. The molecular weight excluding hydrogens is 404 g/mol. The van der Waals surface area contributed by atoms with Crippen LogP contribution in [0.15, 0.2) is 42.5 Å². The molecule has 1 aromatic heterocycles. The summed E-state index contributed by atoms with van der Waals surface area (Å²) in [6.07, 6.45) is 4.42. The van der Waals surface area contributed by atoms with E-state index in [1.54, 1.807) is 0 Å². The number of nitrogens with zero attached hydrogens (tertiary/aromatic N) is 2. The second kappa shape index (κ2) is 7.97. The average molecular weight is 433 g/mol. The first-order valence-electron chi connectivity index (χ1n) is 11.5. The first-order valence-corrected chi connectivity index (χ1v) is 11.5. The largest absolute Gasteiger partial charge is 0.341 e. The third kappa shape index (κ3) is 3.32. The Labute approximate surface area is 186 Å². The van der Waals surface area contributed by atoms with Crippen LogP contribution in [0.25, 0.3) is 21.8 Å². The molecule has 2 fully saturated rings. The molecule has 7 nitrogen and oxygen atoms in total. The van der Waals surface area contributed by atoms with Crippen molar-refractivity contribution < 1.29 is 14.4 Å². The number of rotatable bonds is 5. The number of hydrogen-bond acceptors (Lipinski definition) is 3. The van der Waals surface area contributed by atoms with Crippen molar-refractivity contribution >= 4 is 45.3 Å². The second-order valence-corrected chi connectivity index (χ2v) is 8.82. The minimum absolute atomic E-state index is 0.0734. The molecule has 2 heterocycles. The normalized spacial score (nSPS) is 18.0. The molecule has 0 atom stereocenters. The third-order valence-corrected chi connectivity index (χ3v) is 6.89. The van der Waals surface area contributed by atoms with Gasteiger partial charge in [-0.05, 0) is 44.0 Å². The van der Waals surface area contributed by atoms with Gasteiger partial charge in [0, 0.05) is 47.0 Å². The Morgan fingerprint density at radius 3 is 2.56 bits per heavy atom. The van der Waals surface area contributed by atoms with Gasteiger partial charge in [-0.25, -0.2) is 4.79 Å². The van der Waals surface area contributed by atoms with Crippen LogP contribution in [-0.2, 0) is 16.1 Å². The molecule has 0 unspecified atom stereocenters. The number of aryl methyl sites for hydroxylation is 1. The van der Waals surface area contributed by atoms with E-state index in [4.69, 9.17) is 0 Å². The van der Waals surface area contributed by atoms with Crippen molar-refractivity contribution in [2.24, 2.45) is 0 Å². The maximum Gasteiger partial charge on any atom is 0.325 e. The molecule has 2 N–H and O–H groups in total. The van der Waals surface area contributed by atoms with Gasteiger partial charge in [-0.2, -0.15) is 0 Å². The van der Waals surface area contributed by atoms with Gasteiger partial charge in [-0.15, -0.1) is 0 Å². The van der Waals surface area contributed by atoms with Crippen LogP contribution in [0.2, 0.25) is 0 Å². The summed E-state index contributed by atoms with van der Waals surface area (Å²) in [5.74, 6) is -0.391. The Bertz CT molecular complexity index is 1220. The highest BCUT2D eigenvalue weighted by Gasteiger charge is 2.51. The van der Waals surface area contributed by atoms with E-state index in [1.807, 2.05) is 30.3 Å². The number of urea groups is 1. The number of anilines is 1. The molecule has 1 aliphatic heterocycles. The molecule has 4 amide bonds. The molecule has 5 rings (SSSR count). The van der Waals surface area contributed by atoms with Gasteiger partial charge in [0.2, 0.25) is 5.91 Å². The molecule has 2 aromatic carbocycles. The number of para-hydroxylation sites is 1. The molecule has 1 saturated carbocycles. The van der Waals surface area contributed by atoms with E-state index in [-0.39, 0.29) is 30.8 Å². The Balaban J connectivity index is 1.29. The van der Waals surface area contributed by atoms with Crippen LogP contribution in [0.5, 0.6) is 0 Å². The molecule has 32 heavy (non-hydrogen) atoms. The first kappa shape index (κ1) is 20.5. The van der Waals surface area contributed by atoms with E-state index in [0.717, 1.165) is 42.1 Å². The van der Waals surface area contributed by atoms with Gasteiger partial charge >= 0.3 is 6.03 Å². The van der Waals surface area contributed by atoms with Crippen molar-refractivity contribution in [3.05, 3.63) is 42.5 Å². The first-order chi connectivity index (χ1) is 15.5. The van der Waals surface area contributed by atoms with Crippen molar-refractivity contribution in [1.29, 1.82) is 0 Å². The van der Waals surface area contributed by atoms with Crippen molar-refractivity contribution in [3.8, 4) is 0 Å². The van der Waals surface area contributed by atoms with Crippen LogP contribution in [0.4, 0.5) is 10.5 Å². The molecule has 166 valence electrons. The van der Waals surface area contributed by atoms with Crippen LogP contribution in [-0.4, -0.2) is 39.4 Å². The SMILES string of the molecule is CCn1c2ccccc2c2cc(NC(=O)CCN3C(=O)NC4(CCCCC4)C3=O)ccc21. The lowest BCUT2D eigenvalue weighted by atomic mass is 9.82. The number of carbonyl (C=O) groups is 3. The predicted molar refractivity (Wildman–Crippen MR) is 124 cm³/mol. The van der Waals surface area contributed by atoms with Crippen LogP contribution in [0.3, 0.4) is 0 Å². The number of fused-ring (bicyclic) bond motifs is 3. The predicted octanol–water partition coefficient (Wildman–Crippen LogP) is 4.40. The van der Waals surface area contributed by atoms with Crippen LogP contribution in [0, 0.1) is 0 Å². The number of aromatic nitrogens is 1. The van der Waals surface area contributed by atoms with Crippen LogP contribution in [0.1, 0.15) is 45.4 Å². The van der Waals surface area contributed by atoms with Crippen molar-refractivity contribution in [2.75, 3.05) is 11.9 Å². The lowest BCUT2D eigenvalue weighted by Crippen LogP contribution is -2.48. The number of amides is 4. The molecule has 7 heteroatoms. The lowest BCUT2D eigenvalue weighted by molar-refractivity contribution is -0.132. The van der Waals surface area contributed by atoms with Gasteiger partial charge in [-0.3, -0.25) is 14.5 Å². The molecule has 0 radical (unpaired) electrons. The van der Waals surface area contributed by atoms with Crippen molar-refractivity contribution in [2.45, 2.75) is 57.5 Å².